The monoisotopic (exact) mass is 390 g/mol. The van der Waals surface area contributed by atoms with Crippen molar-refractivity contribution >= 4 is 22.7 Å². The van der Waals surface area contributed by atoms with E-state index in [1.54, 1.807) is 12.1 Å². The molecule has 0 amide bonds. The van der Waals surface area contributed by atoms with Crippen LogP contribution in [0.4, 0.5) is 0 Å². The standard InChI is InChI=1S/C23H22N2O4/c1-29-23(28)16-11-18-21-15(14-7-3-4-8-17(14)24-21)10-19(22(16)27)25(18)12-13-6-2-5-9-20(13)26/h2-9,16,18-19,24,26H,10-12H2,1H3/t16?,18-,19-/m0/s1. The molecule has 2 aliphatic heterocycles. The van der Waals surface area contributed by atoms with Crippen LogP contribution in [-0.4, -0.2) is 39.9 Å². The fourth-order valence-corrected chi connectivity index (χ4v) is 4.92. The number of ether oxygens (including phenoxy) is 1. The highest BCUT2D eigenvalue weighted by atomic mass is 16.5. The van der Waals surface area contributed by atoms with Crippen LogP contribution < -0.4 is 0 Å². The summed E-state index contributed by atoms with van der Waals surface area (Å²) >= 11 is 0. The smallest absolute Gasteiger partial charge is 0.316 e. The number of methoxy groups -OCH3 is 1. The highest BCUT2D eigenvalue weighted by molar-refractivity contribution is 6.03. The predicted molar refractivity (Wildman–Crippen MR) is 107 cm³/mol. The van der Waals surface area contributed by atoms with Gasteiger partial charge in [-0.1, -0.05) is 36.4 Å². The fraction of sp³-hybridized carbons (Fsp3) is 0.304. The molecule has 6 nitrogen and oxygen atoms in total. The van der Waals surface area contributed by atoms with Gasteiger partial charge in [0.15, 0.2) is 5.78 Å². The van der Waals surface area contributed by atoms with Crippen LogP contribution in [0.3, 0.4) is 0 Å². The number of hydrogen-bond acceptors (Lipinski definition) is 5. The van der Waals surface area contributed by atoms with Gasteiger partial charge in [0, 0.05) is 28.7 Å². The first-order chi connectivity index (χ1) is 14.1. The van der Waals surface area contributed by atoms with Crippen LogP contribution in [0.5, 0.6) is 5.75 Å². The zero-order valence-corrected chi connectivity index (χ0v) is 16.1. The van der Waals surface area contributed by atoms with E-state index in [0.717, 1.165) is 27.7 Å². The molecule has 1 unspecified atom stereocenters. The van der Waals surface area contributed by atoms with Crippen molar-refractivity contribution in [3.8, 4) is 5.75 Å². The Morgan fingerprint density at radius 1 is 1.17 bits per heavy atom. The maximum Gasteiger partial charge on any atom is 0.316 e. The zero-order chi connectivity index (χ0) is 20.1. The molecule has 148 valence electrons. The molecule has 1 fully saturated rings. The first-order valence-electron chi connectivity index (χ1n) is 9.82. The average Bonchev–Trinajstić information content (AvgIpc) is 3.10. The third-order valence-electron chi connectivity index (χ3n) is 6.34. The summed E-state index contributed by atoms with van der Waals surface area (Å²) in [6.07, 6.45) is 0.908. The molecule has 3 atom stereocenters. The molecule has 0 spiro atoms. The van der Waals surface area contributed by atoms with E-state index in [9.17, 15) is 14.7 Å². The molecule has 2 aromatic carbocycles. The first-order valence-corrected chi connectivity index (χ1v) is 9.82. The number of hydrogen-bond donors (Lipinski definition) is 2. The van der Waals surface area contributed by atoms with Gasteiger partial charge in [0.25, 0.3) is 0 Å². The molecular weight excluding hydrogens is 368 g/mol. The van der Waals surface area contributed by atoms with Crippen LogP contribution in [0, 0.1) is 5.92 Å². The van der Waals surface area contributed by atoms with Gasteiger partial charge in [-0.25, -0.2) is 0 Å². The quantitative estimate of drug-likeness (QED) is 0.530. The number of aromatic nitrogens is 1. The van der Waals surface area contributed by atoms with Gasteiger partial charge in [-0.15, -0.1) is 0 Å². The van der Waals surface area contributed by atoms with Crippen LogP contribution in [0.1, 0.15) is 29.3 Å². The Labute approximate surface area is 168 Å². The van der Waals surface area contributed by atoms with Gasteiger partial charge in [-0.05, 0) is 30.5 Å². The van der Waals surface area contributed by atoms with Crippen LogP contribution in [0.15, 0.2) is 48.5 Å². The van der Waals surface area contributed by atoms with E-state index in [4.69, 9.17) is 4.74 Å². The summed E-state index contributed by atoms with van der Waals surface area (Å²) in [5.41, 5.74) is 4.01. The van der Waals surface area contributed by atoms with Gasteiger partial charge in [-0.3, -0.25) is 14.5 Å². The Morgan fingerprint density at radius 2 is 1.93 bits per heavy atom. The first kappa shape index (κ1) is 17.9. The number of phenols is 1. The third kappa shape index (κ3) is 2.75. The largest absolute Gasteiger partial charge is 0.508 e. The number of nitrogens with one attached hydrogen (secondary N) is 1. The molecule has 0 saturated carbocycles. The molecule has 3 heterocycles. The van der Waals surface area contributed by atoms with Crippen molar-refractivity contribution in [1.82, 2.24) is 9.88 Å². The number of H-pyrrole nitrogens is 1. The second-order valence-corrected chi connectivity index (χ2v) is 7.81. The summed E-state index contributed by atoms with van der Waals surface area (Å²) in [6.45, 7) is 0.441. The van der Waals surface area contributed by atoms with E-state index < -0.39 is 17.9 Å². The molecule has 29 heavy (non-hydrogen) atoms. The summed E-state index contributed by atoms with van der Waals surface area (Å²) < 4.78 is 4.92. The van der Waals surface area contributed by atoms with Crippen molar-refractivity contribution in [2.75, 3.05) is 7.11 Å². The average molecular weight is 390 g/mol. The van der Waals surface area contributed by atoms with Crippen molar-refractivity contribution in [3.63, 3.8) is 0 Å². The Bertz CT molecular complexity index is 1120. The van der Waals surface area contributed by atoms with Gasteiger partial charge < -0.3 is 14.8 Å². The highest BCUT2D eigenvalue weighted by Gasteiger charge is 2.50. The molecule has 3 aromatic rings. The van der Waals surface area contributed by atoms with Crippen molar-refractivity contribution in [1.29, 1.82) is 0 Å². The Kier molecular flexibility index (Phi) is 4.17. The second kappa shape index (κ2) is 6.74. The molecule has 2 bridgehead atoms. The van der Waals surface area contributed by atoms with E-state index in [1.807, 2.05) is 30.3 Å². The van der Waals surface area contributed by atoms with E-state index in [-0.39, 0.29) is 17.6 Å². The lowest BCUT2D eigenvalue weighted by Crippen LogP contribution is -2.56. The molecule has 2 aliphatic rings. The number of nitrogens with zero attached hydrogens (tertiary/aromatic N) is 1. The van der Waals surface area contributed by atoms with Crippen LogP contribution >= 0.6 is 0 Å². The summed E-state index contributed by atoms with van der Waals surface area (Å²) in [4.78, 5) is 31.2. The topological polar surface area (TPSA) is 82.6 Å². The van der Waals surface area contributed by atoms with Crippen LogP contribution in [-0.2, 0) is 27.3 Å². The summed E-state index contributed by atoms with van der Waals surface area (Å²) in [6, 6.07) is 14.7. The Balaban J connectivity index is 1.62. The lowest BCUT2D eigenvalue weighted by Gasteiger charge is -2.46. The number of carbonyl (C=O) groups excluding carboxylic acids is 2. The van der Waals surface area contributed by atoms with Crippen LogP contribution in [0.2, 0.25) is 0 Å². The number of para-hydroxylation sites is 2. The molecule has 5 rings (SSSR count). The number of fused-ring (bicyclic) bond motifs is 6. The number of esters is 1. The van der Waals surface area contributed by atoms with Gasteiger partial charge in [0.2, 0.25) is 0 Å². The van der Waals surface area contributed by atoms with Gasteiger partial charge in [-0.2, -0.15) is 0 Å². The van der Waals surface area contributed by atoms with Crippen LogP contribution in [0.25, 0.3) is 10.9 Å². The van der Waals surface area contributed by atoms with Gasteiger partial charge >= 0.3 is 5.97 Å². The SMILES string of the molecule is COC(=O)C1C[C@H]2c3[nH]c4ccccc4c3C[C@@H](C1=O)N2Cc1ccccc1O. The van der Waals surface area contributed by atoms with Crippen molar-refractivity contribution in [3.05, 3.63) is 65.4 Å². The normalized spacial score (nSPS) is 23.8. The van der Waals surface area contributed by atoms with E-state index in [2.05, 4.69) is 16.0 Å². The van der Waals surface area contributed by atoms with Crippen molar-refractivity contribution < 1.29 is 19.4 Å². The van der Waals surface area contributed by atoms with E-state index >= 15 is 0 Å². The minimum atomic E-state index is -0.754. The molecule has 2 N–H and O–H groups in total. The molecule has 1 saturated heterocycles. The number of Topliss-reactive ketones (excluding diaryl/α,β-unsaturated/α-hetero) is 1. The molecule has 1 aromatic heterocycles. The summed E-state index contributed by atoms with van der Waals surface area (Å²) in [5.74, 6) is -1.11. The second-order valence-electron chi connectivity index (χ2n) is 7.81. The number of aromatic hydroxyl groups is 1. The Morgan fingerprint density at radius 3 is 2.72 bits per heavy atom. The minimum Gasteiger partial charge on any atom is -0.508 e. The lowest BCUT2D eigenvalue weighted by atomic mass is 9.76. The Hall–Kier alpha value is -3.12. The van der Waals surface area contributed by atoms with Crippen molar-refractivity contribution in [2.24, 2.45) is 5.92 Å². The molecule has 0 aliphatic carbocycles. The maximum atomic E-state index is 13.3. The summed E-state index contributed by atoms with van der Waals surface area (Å²) in [5, 5.41) is 11.4. The number of benzene rings is 2. The number of piperidine rings is 1. The molecular formula is C23H22N2O4. The van der Waals surface area contributed by atoms with Gasteiger partial charge in [0.05, 0.1) is 19.2 Å². The number of rotatable bonds is 3. The number of phenolic OH excluding ortho intramolecular Hbond substituents is 1. The fourth-order valence-electron chi connectivity index (χ4n) is 4.92. The molecule has 6 heteroatoms. The van der Waals surface area contributed by atoms with Gasteiger partial charge in [0.1, 0.15) is 11.7 Å². The highest BCUT2D eigenvalue weighted by Crippen LogP contribution is 2.46. The van der Waals surface area contributed by atoms with E-state index in [1.165, 1.54) is 7.11 Å². The van der Waals surface area contributed by atoms with E-state index in [0.29, 0.717) is 19.4 Å². The minimum absolute atomic E-state index is 0.0977. The number of carbonyl (C=O) groups is 2. The predicted octanol–water partition coefficient (Wildman–Crippen LogP) is 3.10. The third-order valence-corrected chi connectivity index (χ3v) is 6.34. The van der Waals surface area contributed by atoms with Crippen molar-refractivity contribution in [2.45, 2.75) is 31.5 Å². The lowest BCUT2D eigenvalue weighted by molar-refractivity contribution is -0.156. The zero-order valence-electron chi connectivity index (χ0n) is 16.1. The number of ketones is 1. The molecule has 0 radical (unpaired) electrons. The number of aromatic amines is 1. The summed E-state index contributed by atoms with van der Waals surface area (Å²) in [7, 11) is 1.33. The maximum absolute atomic E-state index is 13.3.